The number of aromatic nitrogens is 2. The highest BCUT2D eigenvalue weighted by atomic mass is 32.2. The van der Waals surface area contributed by atoms with Crippen LogP contribution in [0.15, 0.2) is 4.90 Å². The van der Waals surface area contributed by atoms with Crippen LogP contribution in [0.4, 0.5) is 0 Å². The van der Waals surface area contributed by atoms with E-state index in [0.29, 0.717) is 16.3 Å². The maximum atomic E-state index is 12.6. The summed E-state index contributed by atoms with van der Waals surface area (Å²) in [6.45, 7) is 8.43. The molecule has 1 aromatic heterocycles. The summed E-state index contributed by atoms with van der Waals surface area (Å²) in [6.07, 6.45) is 1.93. The van der Waals surface area contributed by atoms with E-state index in [1.807, 2.05) is 0 Å². The topological polar surface area (TPSA) is 67.2 Å². The van der Waals surface area contributed by atoms with Gasteiger partial charge in [-0.05, 0) is 39.8 Å². The normalized spacial score (nSPS) is 21.3. The Labute approximate surface area is 121 Å². The van der Waals surface area contributed by atoms with Gasteiger partial charge in [0, 0.05) is 19.6 Å². The standard InChI is InChI=1S/C13H24N4O2S/c1-5-17-8-6-7-12(9-17)15-20(18,19)13-10(2)14-16(4)11(13)3/h12,15H,5-9H2,1-4H3. The molecule has 1 unspecified atom stereocenters. The Morgan fingerprint density at radius 3 is 2.65 bits per heavy atom. The van der Waals surface area contributed by atoms with Crippen molar-refractivity contribution in [2.75, 3.05) is 19.6 Å². The van der Waals surface area contributed by atoms with Crippen molar-refractivity contribution >= 4 is 10.0 Å². The predicted molar refractivity (Wildman–Crippen MR) is 78.1 cm³/mol. The van der Waals surface area contributed by atoms with Crippen LogP contribution in [0, 0.1) is 13.8 Å². The lowest BCUT2D eigenvalue weighted by molar-refractivity contribution is 0.211. The fourth-order valence-corrected chi connectivity index (χ4v) is 4.56. The van der Waals surface area contributed by atoms with E-state index in [0.717, 1.165) is 32.5 Å². The van der Waals surface area contributed by atoms with E-state index < -0.39 is 10.0 Å². The molecule has 2 rings (SSSR count). The first-order valence-corrected chi connectivity index (χ1v) is 8.58. The number of nitrogens with one attached hydrogen (secondary N) is 1. The van der Waals surface area contributed by atoms with E-state index in [4.69, 9.17) is 0 Å². The van der Waals surface area contributed by atoms with Crippen LogP contribution in [0.5, 0.6) is 0 Å². The molecule has 1 aliphatic heterocycles. The van der Waals surface area contributed by atoms with E-state index in [1.54, 1.807) is 25.6 Å². The lowest BCUT2D eigenvalue weighted by Gasteiger charge is -2.32. The van der Waals surface area contributed by atoms with Gasteiger partial charge in [0.1, 0.15) is 4.90 Å². The van der Waals surface area contributed by atoms with E-state index >= 15 is 0 Å². The largest absolute Gasteiger partial charge is 0.302 e. The Morgan fingerprint density at radius 2 is 2.10 bits per heavy atom. The van der Waals surface area contributed by atoms with E-state index in [9.17, 15) is 8.42 Å². The number of sulfonamides is 1. The Bertz CT molecular complexity index is 579. The van der Waals surface area contributed by atoms with Gasteiger partial charge in [-0.3, -0.25) is 4.68 Å². The smallest absolute Gasteiger partial charge is 0.244 e. The fraction of sp³-hybridized carbons (Fsp3) is 0.769. The fourth-order valence-electron chi connectivity index (χ4n) is 2.86. The van der Waals surface area contributed by atoms with E-state index in [2.05, 4.69) is 21.6 Å². The van der Waals surface area contributed by atoms with Crippen molar-refractivity contribution in [3.63, 3.8) is 0 Å². The minimum absolute atomic E-state index is 0.00675. The summed E-state index contributed by atoms with van der Waals surface area (Å²) < 4.78 is 29.6. The van der Waals surface area contributed by atoms with Gasteiger partial charge in [-0.25, -0.2) is 13.1 Å². The summed E-state index contributed by atoms with van der Waals surface area (Å²) >= 11 is 0. The Morgan fingerprint density at radius 1 is 1.40 bits per heavy atom. The third-order valence-electron chi connectivity index (χ3n) is 3.99. The first-order chi connectivity index (χ1) is 9.35. The molecule has 1 N–H and O–H groups in total. The molecule has 0 aromatic carbocycles. The van der Waals surface area contributed by atoms with Crippen LogP contribution in [0.25, 0.3) is 0 Å². The summed E-state index contributed by atoms with van der Waals surface area (Å²) in [5.41, 5.74) is 1.24. The summed E-state index contributed by atoms with van der Waals surface area (Å²) in [6, 6.07) is -0.00675. The van der Waals surface area contributed by atoms with Crippen LogP contribution in [-0.2, 0) is 17.1 Å². The van der Waals surface area contributed by atoms with Gasteiger partial charge in [-0.2, -0.15) is 5.10 Å². The van der Waals surface area contributed by atoms with Crippen LogP contribution < -0.4 is 4.72 Å². The average Bonchev–Trinajstić information content (AvgIpc) is 2.63. The number of aryl methyl sites for hydroxylation is 2. The molecule has 0 amide bonds. The molecule has 114 valence electrons. The highest BCUT2D eigenvalue weighted by molar-refractivity contribution is 7.89. The van der Waals surface area contributed by atoms with Crippen LogP contribution in [0.3, 0.4) is 0 Å². The molecule has 0 spiro atoms. The Hall–Kier alpha value is -0.920. The molecule has 20 heavy (non-hydrogen) atoms. The molecule has 2 heterocycles. The number of piperidine rings is 1. The number of nitrogens with zero attached hydrogens (tertiary/aromatic N) is 3. The van der Waals surface area contributed by atoms with Crippen molar-refractivity contribution in [1.29, 1.82) is 0 Å². The quantitative estimate of drug-likeness (QED) is 0.893. The molecule has 1 atom stereocenters. The van der Waals surface area contributed by atoms with E-state index in [-0.39, 0.29) is 6.04 Å². The summed E-state index contributed by atoms with van der Waals surface area (Å²) in [5.74, 6) is 0. The molecule has 0 bridgehead atoms. The lowest BCUT2D eigenvalue weighted by Crippen LogP contribution is -2.47. The molecule has 7 heteroatoms. The van der Waals surface area contributed by atoms with Crippen LogP contribution in [-0.4, -0.2) is 48.8 Å². The maximum absolute atomic E-state index is 12.6. The second-order valence-electron chi connectivity index (χ2n) is 5.48. The van der Waals surface area contributed by atoms with Gasteiger partial charge in [0.2, 0.25) is 10.0 Å². The number of hydrogen-bond acceptors (Lipinski definition) is 4. The van der Waals surface area contributed by atoms with Crippen molar-refractivity contribution in [3.8, 4) is 0 Å². The summed E-state index contributed by atoms with van der Waals surface area (Å²) in [4.78, 5) is 2.60. The molecular weight excluding hydrogens is 276 g/mol. The molecule has 6 nitrogen and oxygen atoms in total. The molecule has 1 aromatic rings. The minimum Gasteiger partial charge on any atom is -0.302 e. The van der Waals surface area contributed by atoms with Crippen LogP contribution in [0.2, 0.25) is 0 Å². The van der Waals surface area contributed by atoms with Crippen molar-refractivity contribution in [2.24, 2.45) is 7.05 Å². The van der Waals surface area contributed by atoms with E-state index in [1.165, 1.54) is 0 Å². The highest BCUT2D eigenvalue weighted by Gasteiger charge is 2.28. The van der Waals surface area contributed by atoms with Crippen LogP contribution >= 0.6 is 0 Å². The van der Waals surface area contributed by atoms with Gasteiger partial charge in [0.15, 0.2) is 0 Å². The third-order valence-corrected chi connectivity index (χ3v) is 5.76. The molecule has 1 aliphatic rings. The number of hydrogen-bond donors (Lipinski definition) is 1. The number of rotatable bonds is 4. The van der Waals surface area contributed by atoms with Crippen molar-refractivity contribution in [2.45, 2.75) is 44.6 Å². The van der Waals surface area contributed by atoms with Gasteiger partial charge < -0.3 is 4.90 Å². The van der Waals surface area contributed by atoms with Gasteiger partial charge in [0.25, 0.3) is 0 Å². The first-order valence-electron chi connectivity index (χ1n) is 7.10. The van der Waals surface area contributed by atoms with Gasteiger partial charge in [-0.15, -0.1) is 0 Å². The minimum atomic E-state index is -3.49. The molecule has 1 fully saturated rings. The monoisotopic (exact) mass is 300 g/mol. The Balaban J connectivity index is 2.19. The molecule has 0 saturated carbocycles. The van der Waals surface area contributed by atoms with Crippen molar-refractivity contribution < 1.29 is 8.42 Å². The highest BCUT2D eigenvalue weighted by Crippen LogP contribution is 2.20. The molecule has 1 saturated heterocycles. The zero-order chi connectivity index (χ0) is 14.9. The molecule has 0 radical (unpaired) electrons. The van der Waals surface area contributed by atoms with Gasteiger partial charge >= 0.3 is 0 Å². The summed E-state index contributed by atoms with van der Waals surface area (Å²) in [7, 11) is -1.73. The number of likely N-dealkylation sites (tertiary alicyclic amines) is 1. The predicted octanol–water partition coefficient (Wildman–Crippen LogP) is 0.800. The number of likely N-dealkylation sites (N-methyl/N-ethyl adjacent to an activating group) is 1. The zero-order valence-electron chi connectivity index (χ0n) is 12.7. The third kappa shape index (κ3) is 3.05. The summed E-state index contributed by atoms with van der Waals surface area (Å²) in [5, 5.41) is 4.19. The molecule has 0 aliphatic carbocycles. The average molecular weight is 300 g/mol. The molecular formula is C13H24N4O2S. The van der Waals surface area contributed by atoms with Gasteiger partial charge in [0.05, 0.1) is 11.4 Å². The Kier molecular flexibility index (Phi) is 4.51. The van der Waals surface area contributed by atoms with Crippen molar-refractivity contribution in [1.82, 2.24) is 19.4 Å². The second kappa shape index (κ2) is 5.83. The first kappa shape index (κ1) is 15.5. The van der Waals surface area contributed by atoms with Gasteiger partial charge in [-0.1, -0.05) is 6.92 Å². The lowest BCUT2D eigenvalue weighted by atomic mass is 10.1. The maximum Gasteiger partial charge on any atom is 0.244 e. The SMILES string of the molecule is CCN1CCCC(NS(=O)(=O)c2c(C)nn(C)c2C)C1. The van der Waals surface area contributed by atoms with Crippen molar-refractivity contribution in [3.05, 3.63) is 11.4 Å². The second-order valence-corrected chi connectivity index (χ2v) is 7.13. The van der Waals surface area contributed by atoms with Crippen LogP contribution in [0.1, 0.15) is 31.2 Å². The zero-order valence-corrected chi connectivity index (χ0v) is 13.5.